The number of amides is 2. The summed E-state index contributed by atoms with van der Waals surface area (Å²) < 4.78 is 25.0. The Bertz CT molecular complexity index is 976. The van der Waals surface area contributed by atoms with E-state index in [2.05, 4.69) is 23.5 Å². The topological polar surface area (TPSA) is 69.7 Å². The Morgan fingerprint density at radius 1 is 1.07 bits per heavy atom. The maximum atomic E-state index is 12.8. The number of urea groups is 1. The van der Waals surface area contributed by atoms with E-state index in [1.54, 1.807) is 4.90 Å². The number of benzene rings is 2. The summed E-state index contributed by atoms with van der Waals surface area (Å²) in [5.74, 6) is 0. The molecule has 0 spiro atoms. The summed E-state index contributed by atoms with van der Waals surface area (Å²) in [7, 11) is -3.22. The zero-order valence-electron chi connectivity index (χ0n) is 16.0. The molecule has 2 aliphatic heterocycles. The molecule has 148 valence electrons. The largest absolute Gasteiger partial charge is 0.334 e. The Morgan fingerprint density at radius 2 is 1.86 bits per heavy atom. The minimum atomic E-state index is -3.22. The van der Waals surface area contributed by atoms with Gasteiger partial charge >= 0.3 is 6.03 Å². The van der Waals surface area contributed by atoms with Crippen molar-refractivity contribution in [3.05, 3.63) is 54.1 Å². The van der Waals surface area contributed by atoms with E-state index in [4.69, 9.17) is 0 Å². The van der Waals surface area contributed by atoms with Crippen molar-refractivity contribution < 1.29 is 13.2 Å². The summed E-state index contributed by atoms with van der Waals surface area (Å²) in [5, 5.41) is 3.03. The van der Waals surface area contributed by atoms with Crippen LogP contribution in [0.3, 0.4) is 0 Å². The summed E-state index contributed by atoms with van der Waals surface area (Å²) in [5.41, 5.74) is 4.42. The smallest absolute Gasteiger partial charge is 0.322 e. The fraction of sp³-hybridized carbons (Fsp3) is 0.381. The molecule has 2 amide bonds. The zero-order valence-corrected chi connectivity index (χ0v) is 16.8. The van der Waals surface area contributed by atoms with Crippen molar-refractivity contribution in [1.29, 1.82) is 0 Å². The first-order valence-corrected chi connectivity index (χ1v) is 11.5. The van der Waals surface area contributed by atoms with Gasteiger partial charge < -0.3 is 5.32 Å². The molecule has 28 heavy (non-hydrogen) atoms. The van der Waals surface area contributed by atoms with Crippen molar-refractivity contribution in [3.8, 4) is 11.1 Å². The molecule has 1 saturated heterocycles. The van der Waals surface area contributed by atoms with Gasteiger partial charge in [0.25, 0.3) is 0 Å². The number of sulfonamides is 1. The Kier molecular flexibility index (Phi) is 5.12. The number of fused-ring (bicyclic) bond motifs is 1. The van der Waals surface area contributed by atoms with Gasteiger partial charge in [0.05, 0.1) is 6.26 Å². The van der Waals surface area contributed by atoms with E-state index in [9.17, 15) is 13.2 Å². The molecule has 2 aliphatic rings. The Balaban J connectivity index is 1.46. The zero-order chi connectivity index (χ0) is 19.7. The highest BCUT2D eigenvalue weighted by Gasteiger charge is 2.30. The number of carbonyl (C=O) groups excluding carboxylic acids is 1. The van der Waals surface area contributed by atoms with Crippen LogP contribution in [0.5, 0.6) is 0 Å². The molecule has 2 aromatic carbocycles. The van der Waals surface area contributed by atoms with Crippen molar-refractivity contribution >= 4 is 21.7 Å². The number of nitrogens with one attached hydrogen (secondary N) is 1. The van der Waals surface area contributed by atoms with Gasteiger partial charge in [-0.1, -0.05) is 36.4 Å². The van der Waals surface area contributed by atoms with Gasteiger partial charge in [0.15, 0.2) is 0 Å². The van der Waals surface area contributed by atoms with Crippen LogP contribution >= 0.6 is 0 Å². The second-order valence-electron chi connectivity index (χ2n) is 7.52. The summed E-state index contributed by atoms with van der Waals surface area (Å²) in [6.45, 7) is 1.51. The normalized spacial score (nSPS) is 20.0. The number of piperidine rings is 1. The molecule has 1 unspecified atom stereocenters. The summed E-state index contributed by atoms with van der Waals surface area (Å²) >= 11 is 0. The van der Waals surface area contributed by atoms with Crippen LogP contribution in [0.25, 0.3) is 11.1 Å². The lowest BCUT2D eigenvalue weighted by Gasteiger charge is -2.32. The average molecular weight is 400 g/mol. The van der Waals surface area contributed by atoms with Gasteiger partial charge in [0.1, 0.15) is 0 Å². The number of carbonyl (C=O) groups is 1. The molecule has 7 heteroatoms. The van der Waals surface area contributed by atoms with E-state index < -0.39 is 10.0 Å². The quantitative estimate of drug-likeness (QED) is 0.863. The lowest BCUT2D eigenvalue weighted by Crippen LogP contribution is -2.52. The maximum Gasteiger partial charge on any atom is 0.322 e. The van der Waals surface area contributed by atoms with E-state index in [-0.39, 0.29) is 12.1 Å². The Labute approximate surface area is 166 Å². The van der Waals surface area contributed by atoms with Crippen LogP contribution in [0.2, 0.25) is 0 Å². The monoisotopic (exact) mass is 399 g/mol. The lowest BCUT2D eigenvalue weighted by atomic mass is 10.0. The first kappa shape index (κ1) is 19.0. The van der Waals surface area contributed by atoms with E-state index in [1.807, 2.05) is 30.3 Å². The van der Waals surface area contributed by atoms with E-state index in [0.717, 1.165) is 41.6 Å². The fourth-order valence-electron chi connectivity index (χ4n) is 4.04. The average Bonchev–Trinajstić information content (AvgIpc) is 3.11. The van der Waals surface area contributed by atoms with Gasteiger partial charge in [-0.05, 0) is 48.1 Å². The van der Waals surface area contributed by atoms with Crippen LogP contribution in [-0.4, -0.2) is 50.7 Å². The molecule has 0 radical (unpaired) electrons. The number of hydrogen-bond acceptors (Lipinski definition) is 3. The van der Waals surface area contributed by atoms with Gasteiger partial charge in [-0.2, -0.15) is 0 Å². The second kappa shape index (κ2) is 7.56. The number of nitrogens with zero attached hydrogens (tertiary/aromatic N) is 2. The minimum Gasteiger partial charge on any atom is -0.334 e. The minimum absolute atomic E-state index is 0.147. The van der Waals surface area contributed by atoms with Crippen LogP contribution in [0.4, 0.5) is 10.5 Å². The number of anilines is 1. The Hall–Kier alpha value is -2.38. The fourth-order valence-corrected chi connectivity index (χ4v) is 4.95. The van der Waals surface area contributed by atoms with Gasteiger partial charge in [0, 0.05) is 31.4 Å². The van der Waals surface area contributed by atoms with Crippen molar-refractivity contribution in [2.24, 2.45) is 0 Å². The molecule has 0 aliphatic carbocycles. The predicted octanol–water partition coefficient (Wildman–Crippen LogP) is 2.85. The lowest BCUT2D eigenvalue weighted by molar-refractivity contribution is 0.231. The van der Waals surface area contributed by atoms with E-state index in [1.165, 1.54) is 10.6 Å². The third kappa shape index (κ3) is 3.91. The molecule has 1 N–H and O–H groups in total. The van der Waals surface area contributed by atoms with Gasteiger partial charge in [0.2, 0.25) is 10.0 Å². The molecule has 0 saturated carbocycles. The number of rotatable bonds is 3. The van der Waals surface area contributed by atoms with Crippen LogP contribution < -0.4 is 10.2 Å². The van der Waals surface area contributed by atoms with Crippen LogP contribution in [0.15, 0.2) is 48.5 Å². The summed E-state index contributed by atoms with van der Waals surface area (Å²) in [6, 6.07) is 16.1. The van der Waals surface area contributed by atoms with Crippen molar-refractivity contribution in [1.82, 2.24) is 9.62 Å². The van der Waals surface area contributed by atoms with E-state index in [0.29, 0.717) is 19.6 Å². The number of hydrogen-bond donors (Lipinski definition) is 1. The molecule has 2 heterocycles. The summed E-state index contributed by atoms with van der Waals surface area (Å²) in [6.07, 6.45) is 3.60. The van der Waals surface area contributed by atoms with Crippen molar-refractivity contribution in [2.75, 3.05) is 30.8 Å². The highest BCUT2D eigenvalue weighted by molar-refractivity contribution is 7.88. The molecular weight excluding hydrogens is 374 g/mol. The van der Waals surface area contributed by atoms with Crippen molar-refractivity contribution in [3.63, 3.8) is 0 Å². The molecular formula is C21H25N3O3S. The van der Waals surface area contributed by atoms with Gasteiger partial charge in [-0.25, -0.2) is 17.5 Å². The van der Waals surface area contributed by atoms with Crippen LogP contribution in [-0.2, 0) is 16.4 Å². The van der Waals surface area contributed by atoms with Gasteiger partial charge in [-0.15, -0.1) is 0 Å². The second-order valence-corrected chi connectivity index (χ2v) is 9.50. The third-order valence-corrected chi connectivity index (χ3v) is 6.78. The molecule has 2 aromatic rings. The molecule has 6 nitrogen and oxygen atoms in total. The SMILES string of the molecule is CS(=O)(=O)N1CCCC(NC(=O)N2CCc3cc(-c4ccccc4)ccc32)C1. The standard InChI is InChI=1S/C21H25N3O3S/c1-28(26,27)23-12-5-8-19(15-23)22-21(25)24-13-11-18-14-17(9-10-20(18)24)16-6-3-2-4-7-16/h2-4,6-7,9-10,14,19H,5,8,11-13,15H2,1H3,(H,22,25). The highest BCUT2D eigenvalue weighted by Crippen LogP contribution is 2.32. The summed E-state index contributed by atoms with van der Waals surface area (Å²) in [4.78, 5) is 14.6. The highest BCUT2D eigenvalue weighted by atomic mass is 32.2. The Morgan fingerprint density at radius 3 is 2.61 bits per heavy atom. The molecule has 0 aromatic heterocycles. The molecule has 0 bridgehead atoms. The van der Waals surface area contributed by atoms with Crippen LogP contribution in [0.1, 0.15) is 18.4 Å². The molecule has 4 rings (SSSR count). The molecule has 1 fully saturated rings. The molecule has 1 atom stereocenters. The van der Waals surface area contributed by atoms with Crippen LogP contribution in [0, 0.1) is 0 Å². The first-order chi connectivity index (χ1) is 13.4. The maximum absolute atomic E-state index is 12.8. The van der Waals surface area contributed by atoms with Gasteiger partial charge in [-0.3, -0.25) is 4.90 Å². The van der Waals surface area contributed by atoms with E-state index >= 15 is 0 Å². The van der Waals surface area contributed by atoms with Crippen molar-refractivity contribution in [2.45, 2.75) is 25.3 Å². The first-order valence-electron chi connectivity index (χ1n) is 9.63. The predicted molar refractivity (Wildman–Crippen MR) is 111 cm³/mol. The third-order valence-electron chi connectivity index (χ3n) is 5.51.